The van der Waals surface area contributed by atoms with Crippen LogP contribution >= 0.6 is 11.3 Å². The molecule has 0 atom stereocenters. The smallest absolute Gasteiger partial charge is 0.325 e. The molecule has 0 fully saturated rings. The first kappa shape index (κ1) is 18.5. The lowest BCUT2D eigenvalue weighted by Gasteiger charge is -2.13. The number of amides is 2. The number of nitrogens with one attached hydrogen (secondary N) is 2. The Bertz CT molecular complexity index is 925. The Morgan fingerprint density at radius 3 is 2.41 bits per heavy atom. The monoisotopic (exact) mass is 385 g/mol. The van der Waals surface area contributed by atoms with Crippen molar-refractivity contribution in [3.05, 3.63) is 47.8 Å². The van der Waals surface area contributed by atoms with Crippen LogP contribution in [0, 0.1) is 0 Å². The topological polar surface area (TPSA) is 81.7 Å². The number of anilines is 2. The Kier molecular flexibility index (Phi) is 5.77. The van der Waals surface area contributed by atoms with Crippen LogP contribution in [0.2, 0.25) is 0 Å². The molecule has 3 aromatic rings. The van der Waals surface area contributed by atoms with Crippen LogP contribution in [0.3, 0.4) is 0 Å². The number of thiazole rings is 1. The molecule has 0 aliphatic carbocycles. The van der Waals surface area contributed by atoms with Crippen LogP contribution in [0.15, 0.2) is 47.8 Å². The van der Waals surface area contributed by atoms with Gasteiger partial charge in [-0.15, -0.1) is 11.3 Å². The summed E-state index contributed by atoms with van der Waals surface area (Å²) in [7, 11) is 4.68. The summed E-state index contributed by atoms with van der Waals surface area (Å²) in [5.74, 6) is 1.76. The van der Waals surface area contributed by atoms with Crippen LogP contribution in [0.4, 0.5) is 15.6 Å². The van der Waals surface area contributed by atoms with E-state index in [-0.39, 0.29) is 0 Å². The maximum absolute atomic E-state index is 12.3. The first-order valence-corrected chi connectivity index (χ1v) is 8.91. The third kappa shape index (κ3) is 4.29. The molecule has 2 aromatic carbocycles. The third-order valence-corrected chi connectivity index (χ3v) is 4.52. The summed E-state index contributed by atoms with van der Waals surface area (Å²) in [4.78, 5) is 16.8. The van der Waals surface area contributed by atoms with Crippen molar-refractivity contribution in [2.45, 2.75) is 0 Å². The van der Waals surface area contributed by atoms with E-state index in [0.717, 1.165) is 17.0 Å². The molecule has 2 amide bonds. The number of rotatable bonds is 6. The number of hydrogen-bond donors (Lipinski definition) is 2. The van der Waals surface area contributed by atoms with Gasteiger partial charge < -0.3 is 19.5 Å². The zero-order valence-corrected chi connectivity index (χ0v) is 15.9. The highest BCUT2D eigenvalue weighted by atomic mass is 32.1. The highest BCUT2D eigenvalue weighted by Gasteiger charge is 2.13. The van der Waals surface area contributed by atoms with Crippen molar-refractivity contribution >= 4 is 28.2 Å². The van der Waals surface area contributed by atoms with Crippen molar-refractivity contribution in [2.75, 3.05) is 32.0 Å². The van der Waals surface area contributed by atoms with Gasteiger partial charge >= 0.3 is 6.03 Å². The van der Waals surface area contributed by atoms with E-state index in [4.69, 9.17) is 14.2 Å². The van der Waals surface area contributed by atoms with Gasteiger partial charge in [0.05, 0.1) is 32.7 Å². The highest BCUT2D eigenvalue weighted by Crippen LogP contribution is 2.35. The molecule has 3 rings (SSSR count). The maximum Gasteiger partial charge on any atom is 0.325 e. The van der Waals surface area contributed by atoms with Gasteiger partial charge in [0.25, 0.3) is 0 Å². The molecular weight excluding hydrogens is 366 g/mol. The molecular formula is C19H19N3O4S. The summed E-state index contributed by atoms with van der Waals surface area (Å²) in [6, 6.07) is 12.4. The lowest BCUT2D eigenvalue weighted by molar-refractivity contribution is 0.262. The molecule has 1 aromatic heterocycles. The van der Waals surface area contributed by atoms with E-state index in [2.05, 4.69) is 15.6 Å². The lowest BCUT2D eigenvalue weighted by atomic mass is 10.2. The van der Waals surface area contributed by atoms with Crippen molar-refractivity contribution in [1.82, 2.24) is 4.98 Å². The molecule has 0 spiro atoms. The molecule has 1 heterocycles. The standard InChI is InChI=1S/C19H19N3O4S/c1-24-13-9-7-12(8-10-13)15-11-27-19(21-15)22-18(23)20-14-5-4-6-16(25-2)17(14)26-3/h4-11H,1-3H3,(H2,20,21,22,23). The molecule has 0 aliphatic rings. The predicted molar refractivity (Wildman–Crippen MR) is 106 cm³/mol. The Balaban J connectivity index is 1.69. The molecule has 0 saturated carbocycles. The van der Waals surface area contributed by atoms with Crippen LogP contribution in [-0.2, 0) is 0 Å². The van der Waals surface area contributed by atoms with Gasteiger partial charge in [-0.2, -0.15) is 0 Å². The number of carbonyl (C=O) groups excluding carboxylic acids is 1. The van der Waals surface area contributed by atoms with Gasteiger partial charge in [-0.25, -0.2) is 9.78 Å². The Morgan fingerprint density at radius 2 is 1.74 bits per heavy atom. The minimum Gasteiger partial charge on any atom is -0.497 e. The Hall–Kier alpha value is -3.26. The number of ether oxygens (including phenoxy) is 3. The number of benzene rings is 2. The summed E-state index contributed by atoms with van der Waals surface area (Å²) in [6.45, 7) is 0. The number of aromatic nitrogens is 1. The largest absolute Gasteiger partial charge is 0.497 e. The molecule has 0 saturated heterocycles. The van der Waals surface area contributed by atoms with Gasteiger partial charge in [0.15, 0.2) is 16.6 Å². The van der Waals surface area contributed by atoms with Crippen molar-refractivity contribution in [2.24, 2.45) is 0 Å². The lowest BCUT2D eigenvalue weighted by Crippen LogP contribution is -2.19. The summed E-state index contributed by atoms with van der Waals surface area (Å²) < 4.78 is 15.7. The minimum atomic E-state index is -0.419. The van der Waals surface area contributed by atoms with Gasteiger partial charge in [0.1, 0.15) is 5.75 Å². The van der Waals surface area contributed by atoms with E-state index >= 15 is 0 Å². The fourth-order valence-electron chi connectivity index (χ4n) is 2.46. The first-order chi connectivity index (χ1) is 13.1. The Morgan fingerprint density at radius 1 is 0.963 bits per heavy atom. The van der Waals surface area contributed by atoms with E-state index in [9.17, 15) is 4.79 Å². The molecule has 0 bridgehead atoms. The predicted octanol–water partition coefficient (Wildman–Crippen LogP) is 4.48. The molecule has 0 unspecified atom stereocenters. The van der Waals surface area contributed by atoms with Crippen molar-refractivity contribution in [3.63, 3.8) is 0 Å². The van der Waals surface area contributed by atoms with Gasteiger partial charge in [0.2, 0.25) is 0 Å². The van der Waals surface area contributed by atoms with Gasteiger partial charge in [-0.3, -0.25) is 5.32 Å². The number of carbonyl (C=O) groups is 1. The van der Waals surface area contributed by atoms with Gasteiger partial charge in [0, 0.05) is 10.9 Å². The molecule has 0 radical (unpaired) electrons. The molecule has 2 N–H and O–H groups in total. The van der Waals surface area contributed by atoms with Crippen LogP contribution in [-0.4, -0.2) is 32.3 Å². The second kappa shape index (κ2) is 8.41. The number of methoxy groups -OCH3 is 3. The third-order valence-electron chi connectivity index (χ3n) is 3.76. The van der Waals surface area contributed by atoms with Crippen LogP contribution in [0.1, 0.15) is 0 Å². The molecule has 0 aliphatic heterocycles. The quantitative estimate of drug-likeness (QED) is 0.654. The van der Waals surface area contributed by atoms with E-state index < -0.39 is 6.03 Å². The van der Waals surface area contributed by atoms with Crippen LogP contribution < -0.4 is 24.8 Å². The maximum atomic E-state index is 12.3. The van der Waals surface area contributed by atoms with Gasteiger partial charge in [-0.1, -0.05) is 6.07 Å². The normalized spacial score (nSPS) is 10.2. The zero-order valence-electron chi connectivity index (χ0n) is 15.1. The molecule has 7 nitrogen and oxygen atoms in total. The highest BCUT2D eigenvalue weighted by molar-refractivity contribution is 7.14. The van der Waals surface area contributed by atoms with Crippen molar-refractivity contribution < 1.29 is 19.0 Å². The van der Waals surface area contributed by atoms with Crippen LogP contribution in [0.25, 0.3) is 11.3 Å². The first-order valence-electron chi connectivity index (χ1n) is 8.03. The Labute approximate surface area is 160 Å². The number of nitrogens with zero attached hydrogens (tertiary/aromatic N) is 1. The summed E-state index contributed by atoms with van der Waals surface area (Å²) in [5, 5.41) is 7.84. The number of para-hydroxylation sites is 1. The minimum absolute atomic E-state index is 0.419. The van der Waals surface area contributed by atoms with Gasteiger partial charge in [-0.05, 0) is 36.4 Å². The van der Waals surface area contributed by atoms with Crippen molar-refractivity contribution in [1.29, 1.82) is 0 Å². The van der Waals surface area contributed by atoms with E-state index in [1.807, 2.05) is 29.6 Å². The average molecular weight is 385 g/mol. The fourth-order valence-corrected chi connectivity index (χ4v) is 3.18. The summed E-state index contributed by atoms with van der Waals surface area (Å²) in [6.07, 6.45) is 0. The van der Waals surface area contributed by atoms with Crippen LogP contribution in [0.5, 0.6) is 17.2 Å². The zero-order chi connectivity index (χ0) is 19.2. The van der Waals surface area contributed by atoms with E-state index in [1.54, 1.807) is 25.3 Å². The number of urea groups is 1. The van der Waals surface area contributed by atoms with Crippen molar-refractivity contribution in [3.8, 4) is 28.5 Å². The molecule has 8 heteroatoms. The summed E-state index contributed by atoms with van der Waals surface area (Å²) in [5.41, 5.74) is 2.22. The molecule has 140 valence electrons. The van der Waals surface area contributed by atoms with E-state index in [0.29, 0.717) is 22.3 Å². The SMILES string of the molecule is COc1ccc(-c2csc(NC(=O)Nc3cccc(OC)c3OC)n2)cc1. The van der Waals surface area contributed by atoms with E-state index in [1.165, 1.54) is 25.6 Å². The fraction of sp³-hybridized carbons (Fsp3) is 0.158. The molecule has 27 heavy (non-hydrogen) atoms. The average Bonchev–Trinajstić information content (AvgIpc) is 3.16. The number of hydrogen-bond acceptors (Lipinski definition) is 6. The second-order valence-corrected chi connectivity index (χ2v) is 6.24. The second-order valence-electron chi connectivity index (χ2n) is 5.39. The summed E-state index contributed by atoms with van der Waals surface area (Å²) >= 11 is 1.34.